The number of rotatable bonds is 12. The molecule has 6 N–H and O–H groups in total. The molecule has 0 bridgehead atoms. The molecule has 0 atom stereocenters. The maximum Gasteiger partial charge on any atom is 0.416 e. The summed E-state index contributed by atoms with van der Waals surface area (Å²) in [5.41, 5.74) is 5.70. The van der Waals surface area contributed by atoms with Crippen LogP contribution in [0.2, 0.25) is 10.0 Å². The molecule has 6 rings (SSSR count). The van der Waals surface area contributed by atoms with Gasteiger partial charge in [-0.15, -0.1) is 34.0 Å². The van der Waals surface area contributed by atoms with Gasteiger partial charge in [-0.3, -0.25) is 0 Å². The lowest BCUT2D eigenvalue weighted by atomic mass is 10.2. The van der Waals surface area contributed by atoms with E-state index in [0.29, 0.717) is 24.5 Å². The average molecular weight is 849 g/mol. The van der Waals surface area contributed by atoms with Crippen LogP contribution in [0.25, 0.3) is 0 Å². The first-order valence-electron chi connectivity index (χ1n) is 14.6. The van der Waals surface area contributed by atoms with Gasteiger partial charge in [-0.25, -0.2) is 16.4 Å². The number of hydrogen-bond donors (Lipinski definition) is 6. The minimum Gasteiger partial charge on any atom is -0.316 e. The molecule has 0 aliphatic heterocycles. The summed E-state index contributed by atoms with van der Waals surface area (Å²) < 4.78 is 41.0. The standard InChI is InChI=1S/C12H10F3NOS2.2C11H10ClNOS2/c13-12(14,15)8-2-1-3-9(6-8)18-11-5-4-10(19-11)7-16-17;12-8-1-3-9(4-2-8)15-11-6-5-10(16-11)7-13-14;12-8-2-1-3-9(6-8)15-11-5-4-10(16-11)7-13-14/h1-6,16-17H,7H2;2*1-6,13-14H,7H2. The highest BCUT2D eigenvalue weighted by molar-refractivity contribution is 8.01. The van der Waals surface area contributed by atoms with E-state index in [-0.39, 0.29) is 0 Å². The molecule has 0 amide bonds. The third-order valence-corrected chi connectivity index (χ3v) is 13.2. The number of halogens is 5. The van der Waals surface area contributed by atoms with Crippen LogP contribution in [0.4, 0.5) is 13.2 Å². The van der Waals surface area contributed by atoms with E-state index in [4.69, 9.17) is 38.8 Å². The van der Waals surface area contributed by atoms with Gasteiger partial charge in [0.15, 0.2) is 0 Å². The van der Waals surface area contributed by atoms with Crippen molar-refractivity contribution in [1.82, 2.24) is 16.4 Å². The first kappa shape index (κ1) is 41.7. The van der Waals surface area contributed by atoms with Crippen LogP contribution in [0, 0.1) is 0 Å². The van der Waals surface area contributed by atoms with Crippen molar-refractivity contribution in [3.05, 3.63) is 139 Å². The van der Waals surface area contributed by atoms with Crippen LogP contribution in [-0.4, -0.2) is 15.6 Å². The molecule has 3 heterocycles. The Kier molecular flexibility index (Phi) is 17.7. The first-order chi connectivity index (χ1) is 24.5. The highest BCUT2D eigenvalue weighted by Crippen LogP contribution is 2.38. The van der Waals surface area contributed by atoms with Crippen molar-refractivity contribution >= 4 is 92.5 Å². The summed E-state index contributed by atoms with van der Waals surface area (Å²) in [6, 6.07) is 32.5. The van der Waals surface area contributed by atoms with Crippen LogP contribution in [0.1, 0.15) is 20.2 Å². The summed E-state index contributed by atoms with van der Waals surface area (Å²) in [5, 5.41) is 27.2. The average Bonchev–Trinajstić information content (AvgIpc) is 3.85. The van der Waals surface area contributed by atoms with Gasteiger partial charge in [0.05, 0.1) is 37.8 Å². The maximum atomic E-state index is 12.6. The van der Waals surface area contributed by atoms with Crippen LogP contribution in [0.15, 0.2) is 137 Å². The van der Waals surface area contributed by atoms with Gasteiger partial charge in [0.1, 0.15) is 0 Å². The molecule has 270 valence electrons. The lowest BCUT2D eigenvalue weighted by molar-refractivity contribution is -0.137. The quantitative estimate of drug-likeness (QED) is 0.0673. The normalized spacial score (nSPS) is 11.1. The number of thiophene rings is 3. The second-order valence-corrected chi connectivity index (χ2v) is 18.4. The zero-order chi connectivity index (χ0) is 36.6. The van der Waals surface area contributed by atoms with Crippen molar-refractivity contribution in [2.24, 2.45) is 0 Å². The van der Waals surface area contributed by atoms with Gasteiger partial charge in [0, 0.05) is 39.4 Å². The Hall–Kier alpha value is -2.06. The van der Waals surface area contributed by atoms with Crippen LogP contribution in [-0.2, 0) is 25.8 Å². The Morgan fingerprint density at radius 3 is 1.37 bits per heavy atom. The number of hydrogen-bond acceptors (Lipinski definition) is 12. The van der Waals surface area contributed by atoms with Gasteiger partial charge >= 0.3 is 6.18 Å². The number of nitrogens with one attached hydrogen (secondary N) is 3. The minimum absolute atomic E-state index is 0.327. The number of benzene rings is 3. The van der Waals surface area contributed by atoms with Gasteiger partial charge in [0.2, 0.25) is 0 Å². The molecule has 0 radical (unpaired) electrons. The van der Waals surface area contributed by atoms with Gasteiger partial charge in [0.25, 0.3) is 0 Å². The summed E-state index contributed by atoms with van der Waals surface area (Å²) in [6.45, 7) is 1.31. The number of alkyl halides is 3. The highest BCUT2D eigenvalue weighted by atomic mass is 35.5. The zero-order valence-electron chi connectivity index (χ0n) is 26.2. The molecule has 0 unspecified atom stereocenters. The zero-order valence-corrected chi connectivity index (χ0v) is 32.6. The molecule has 0 fully saturated rings. The molecular weight excluding hydrogens is 819 g/mol. The smallest absolute Gasteiger partial charge is 0.316 e. The molecule has 6 nitrogen and oxygen atoms in total. The fourth-order valence-corrected chi connectivity index (χ4v) is 10.6. The Labute approximate surface area is 327 Å². The molecule has 0 aliphatic rings. The summed E-state index contributed by atoms with van der Waals surface area (Å²) in [7, 11) is 0. The monoisotopic (exact) mass is 847 g/mol. The molecule has 51 heavy (non-hydrogen) atoms. The molecule has 17 heteroatoms. The summed E-state index contributed by atoms with van der Waals surface area (Å²) in [6.07, 6.45) is -4.32. The third kappa shape index (κ3) is 15.1. The van der Waals surface area contributed by atoms with Gasteiger partial charge in [-0.1, -0.05) is 70.6 Å². The lowest BCUT2D eigenvalue weighted by Crippen LogP contribution is -2.04. The Balaban J connectivity index is 0.000000172. The van der Waals surface area contributed by atoms with E-state index in [0.717, 1.165) is 50.8 Å². The van der Waals surface area contributed by atoms with Crippen molar-refractivity contribution in [1.29, 1.82) is 0 Å². The van der Waals surface area contributed by atoms with Gasteiger partial charge in [-0.2, -0.15) is 13.2 Å². The topological polar surface area (TPSA) is 96.8 Å². The van der Waals surface area contributed by atoms with E-state index in [9.17, 15) is 13.2 Å². The summed E-state index contributed by atoms with van der Waals surface area (Å²) in [5.74, 6) is 0. The predicted octanol–water partition coefficient (Wildman–Crippen LogP) is 12.5. The van der Waals surface area contributed by atoms with Crippen molar-refractivity contribution < 1.29 is 28.8 Å². The van der Waals surface area contributed by atoms with E-state index in [1.807, 2.05) is 84.3 Å². The van der Waals surface area contributed by atoms with E-state index in [1.54, 1.807) is 52.3 Å². The maximum absolute atomic E-state index is 12.6. The fourth-order valence-electron chi connectivity index (χ4n) is 3.88. The van der Waals surface area contributed by atoms with E-state index >= 15 is 0 Å². The van der Waals surface area contributed by atoms with Crippen LogP contribution in [0.5, 0.6) is 0 Å². The second kappa shape index (κ2) is 21.6. The Morgan fingerprint density at radius 2 is 0.941 bits per heavy atom. The molecule has 0 saturated heterocycles. The lowest BCUT2D eigenvalue weighted by Gasteiger charge is -2.07. The fraction of sp³-hybridized carbons (Fsp3) is 0.118. The molecular formula is C34H30Cl2F3N3O3S6. The van der Waals surface area contributed by atoms with E-state index in [2.05, 4.69) is 17.0 Å². The summed E-state index contributed by atoms with van der Waals surface area (Å²) in [4.78, 5) is 5.95. The molecule has 6 aromatic rings. The minimum atomic E-state index is -4.32. The van der Waals surface area contributed by atoms with Crippen LogP contribution in [0.3, 0.4) is 0 Å². The van der Waals surface area contributed by atoms with Crippen molar-refractivity contribution in [3.63, 3.8) is 0 Å². The largest absolute Gasteiger partial charge is 0.416 e. The van der Waals surface area contributed by atoms with Crippen molar-refractivity contribution in [2.75, 3.05) is 0 Å². The van der Waals surface area contributed by atoms with E-state index < -0.39 is 11.7 Å². The first-order valence-corrected chi connectivity index (χ1v) is 20.3. The molecule has 0 saturated carbocycles. The third-order valence-electron chi connectivity index (χ3n) is 6.10. The molecule has 0 spiro atoms. The highest BCUT2D eigenvalue weighted by Gasteiger charge is 2.30. The summed E-state index contributed by atoms with van der Waals surface area (Å²) >= 11 is 21.1. The molecule has 3 aromatic carbocycles. The second-order valence-electron chi connectivity index (χ2n) is 9.91. The SMILES string of the molecule is ONCc1ccc(Sc2ccc(Cl)cc2)s1.ONCc1ccc(Sc2cccc(C(F)(F)F)c2)s1.ONCc1ccc(Sc2cccc(Cl)c2)s1. The number of hydroxylamine groups is 3. The molecule has 0 aliphatic carbocycles. The Bertz CT molecular complexity index is 1920. The van der Waals surface area contributed by atoms with Gasteiger partial charge < -0.3 is 15.6 Å². The molecule has 3 aromatic heterocycles. The van der Waals surface area contributed by atoms with Crippen molar-refractivity contribution in [2.45, 2.75) is 53.1 Å². The van der Waals surface area contributed by atoms with Gasteiger partial charge in [-0.05, 0) is 97.1 Å². The van der Waals surface area contributed by atoms with Crippen molar-refractivity contribution in [3.8, 4) is 0 Å². The Morgan fingerprint density at radius 1 is 0.510 bits per heavy atom. The van der Waals surface area contributed by atoms with Crippen LogP contribution < -0.4 is 16.4 Å². The van der Waals surface area contributed by atoms with Crippen LogP contribution >= 0.6 is 92.5 Å². The van der Waals surface area contributed by atoms with E-state index in [1.165, 1.54) is 37.6 Å². The predicted molar refractivity (Wildman–Crippen MR) is 206 cm³/mol.